The molecule has 3 rings (SSSR count). The first-order chi connectivity index (χ1) is 12.9. The summed E-state index contributed by atoms with van der Waals surface area (Å²) in [4.78, 5) is 14.1. The van der Waals surface area contributed by atoms with Crippen LogP contribution in [0.25, 0.3) is 0 Å². The van der Waals surface area contributed by atoms with Gasteiger partial charge in [0, 0.05) is 18.7 Å². The van der Waals surface area contributed by atoms with Crippen molar-refractivity contribution in [2.75, 3.05) is 6.54 Å². The summed E-state index contributed by atoms with van der Waals surface area (Å²) in [5.74, 6) is -2.70. The van der Waals surface area contributed by atoms with E-state index >= 15 is 0 Å². The summed E-state index contributed by atoms with van der Waals surface area (Å²) in [6, 6.07) is 10.1. The average molecular weight is 377 g/mol. The van der Waals surface area contributed by atoms with Gasteiger partial charge < -0.3 is 10.0 Å². The van der Waals surface area contributed by atoms with Crippen LogP contribution in [0.4, 0.5) is 13.2 Å². The number of carbonyl (C=O) groups excluding carboxylic acids is 1. The maximum Gasteiger partial charge on any atom is 0.254 e. The number of piperidine rings is 1. The number of likely N-dealkylation sites (tertiary alicyclic amines) is 1. The van der Waals surface area contributed by atoms with Crippen molar-refractivity contribution in [3.05, 3.63) is 71.0 Å². The molecule has 1 heterocycles. The first kappa shape index (κ1) is 19.4. The molecule has 0 saturated carbocycles. The molecule has 1 aliphatic heterocycles. The highest BCUT2D eigenvalue weighted by Crippen LogP contribution is 2.29. The molecule has 2 aromatic carbocycles. The number of carbonyl (C=O) groups is 1. The summed E-state index contributed by atoms with van der Waals surface area (Å²) >= 11 is 0. The van der Waals surface area contributed by atoms with Crippen molar-refractivity contribution in [2.45, 2.75) is 44.2 Å². The van der Waals surface area contributed by atoms with Crippen molar-refractivity contribution in [1.29, 1.82) is 0 Å². The van der Waals surface area contributed by atoms with Crippen LogP contribution in [-0.2, 0) is 17.8 Å². The number of halogens is 3. The van der Waals surface area contributed by atoms with E-state index in [0.29, 0.717) is 32.2 Å². The lowest BCUT2D eigenvalue weighted by molar-refractivity contribution is -0.158. The van der Waals surface area contributed by atoms with Gasteiger partial charge in [-0.15, -0.1) is 0 Å². The van der Waals surface area contributed by atoms with Crippen molar-refractivity contribution in [2.24, 2.45) is 0 Å². The molecule has 2 aromatic rings. The molecule has 0 radical (unpaired) electrons. The second-order valence-corrected chi connectivity index (χ2v) is 7.06. The number of aryl methyl sites for hydroxylation is 1. The molecule has 27 heavy (non-hydrogen) atoms. The third-order valence-corrected chi connectivity index (χ3v) is 5.04. The molecule has 1 saturated heterocycles. The first-order valence-electron chi connectivity index (χ1n) is 9.08. The Morgan fingerprint density at radius 2 is 1.89 bits per heavy atom. The van der Waals surface area contributed by atoms with Crippen LogP contribution in [0, 0.1) is 17.5 Å². The van der Waals surface area contributed by atoms with Crippen LogP contribution >= 0.6 is 0 Å². The molecule has 1 aliphatic rings. The summed E-state index contributed by atoms with van der Waals surface area (Å²) < 4.78 is 40.5. The number of hydrogen-bond acceptors (Lipinski definition) is 2. The van der Waals surface area contributed by atoms with Gasteiger partial charge in [-0.05, 0) is 55.9 Å². The lowest BCUT2D eigenvalue weighted by Gasteiger charge is -2.38. The Bertz CT molecular complexity index is 827. The Labute approximate surface area is 156 Å². The van der Waals surface area contributed by atoms with Crippen LogP contribution in [0.1, 0.15) is 36.8 Å². The van der Waals surface area contributed by atoms with Gasteiger partial charge in [0.25, 0.3) is 5.91 Å². The van der Waals surface area contributed by atoms with Crippen molar-refractivity contribution in [3.63, 3.8) is 0 Å². The van der Waals surface area contributed by atoms with E-state index in [0.717, 1.165) is 11.6 Å². The Morgan fingerprint density at radius 3 is 2.67 bits per heavy atom. The Hall–Kier alpha value is -2.34. The zero-order valence-corrected chi connectivity index (χ0v) is 14.9. The van der Waals surface area contributed by atoms with Crippen molar-refractivity contribution in [3.8, 4) is 0 Å². The molecule has 0 aliphatic carbocycles. The molecule has 0 spiro atoms. The van der Waals surface area contributed by atoms with Gasteiger partial charge in [-0.1, -0.05) is 24.3 Å². The van der Waals surface area contributed by atoms with Crippen LogP contribution in [-0.4, -0.2) is 28.1 Å². The van der Waals surface area contributed by atoms with Gasteiger partial charge >= 0.3 is 0 Å². The number of rotatable bonds is 6. The summed E-state index contributed by atoms with van der Waals surface area (Å²) in [5.41, 5.74) is -0.622. The normalized spacial score (nSPS) is 20.1. The summed E-state index contributed by atoms with van der Waals surface area (Å²) in [5, 5.41) is 10.8. The molecule has 6 heteroatoms. The Morgan fingerprint density at radius 1 is 1.11 bits per heavy atom. The number of amides is 1. The predicted octanol–water partition coefficient (Wildman–Crippen LogP) is 3.98. The molecule has 0 aromatic heterocycles. The van der Waals surface area contributed by atoms with E-state index in [1.54, 1.807) is 12.1 Å². The minimum atomic E-state index is -1.52. The molecular formula is C21H22F3NO2. The van der Waals surface area contributed by atoms with Gasteiger partial charge in [-0.3, -0.25) is 4.79 Å². The van der Waals surface area contributed by atoms with E-state index < -0.39 is 23.1 Å². The largest absolute Gasteiger partial charge is 0.380 e. The molecule has 1 atom stereocenters. The lowest BCUT2D eigenvalue weighted by Crippen LogP contribution is -2.53. The van der Waals surface area contributed by atoms with Crippen LogP contribution in [0.3, 0.4) is 0 Å². The molecule has 1 N–H and O–H groups in total. The molecular weight excluding hydrogens is 355 g/mol. The number of hydrogen-bond donors (Lipinski definition) is 1. The fraction of sp³-hybridized carbons (Fsp3) is 0.381. The summed E-state index contributed by atoms with van der Waals surface area (Å²) in [6.45, 7) is 0.315. The fourth-order valence-electron chi connectivity index (χ4n) is 3.60. The van der Waals surface area contributed by atoms with Crippen molar-refractivity contribution in [1.82, 2.24) is 4.90 Å². The van der Waals surface area contributed by atoms with Gasteiger partial charge in [0.05, 0.1) is 0 Å². The predicted molar refractivity (Wildman–Crippen MR) is 95.3 cm³/mol. The number of benzene rings is 2. The third kappa shape index (κ3) is 4.50. The van der Waals surface area contributed by atoms with E-state index in [4.69, 9.17) is 0 Å². The number of nitrogens with zero attached hydrogens (tertiary/aromatic N) is 1. The van der Waals surface area contributed by atoms with E-state index in [-0.39, 0.29) is 24.3 Å². The monoisotopic (exact) mass is 377 g/mol. The van der Waals surface area contributed by atoms with Gasteiger partial charge in [0.15, 0.2) is 11.6 Å². The maximum absolute atomic E-state index is 13.9. The van der Waals surface area contributed by atoms with Crippen molar-refractivity contribution < 1.29 is 23.1 Å². The highest BCUT2D eigenvalue weighted by Gasteiger charge is 2.41. The molecule has 3 nitrogen and oxygen atoms in total. The summed E-state index contributed by atoms with van der Waals surface area (Å²) in [6.07, 6.45) is 2.22. The van der Waals surface area contributed by atoms with Crippen LogP contribution < -0.4 is 0 Å². The van der Waals surface area contributed by atoms with E-state index in [1.807, 2.05) is 0 Å². The van der Waals surface area contributed by atoms with Gasteiger partial charge in [-0.2, -0.15) is 0 Å². The van der Waals surface area contributed by atoms with E-state index in [1.165, 1.54) is 29.2 Å². The molecule has 0 unspecified atom stereocenters. The minimum absolute atomic E-state index is 0.0748. The molecule has 1 fully saturated rings. The first-order valence-corrected chi connectivity index (χ1v) is 9.08. The summed E-state index contributed by atoms with van der Waals surface area (Å²) in [7, 11) is 0. The van der Waals surface area contributed by atoms with E-state index in [9.17, 15) is 23.1 Å². The zero-order chi connectivity index (χ0) is 19.4. The van der Waals surface area contributed by atoms with Gasteiger partial charge in [-0.25, -0.2) is 13.2 Å². The Kier molecular flexibility index (Phi) is 5.85. The topological polar surface area (TPSA) is 40.5 Å². The number of aliphatic hydroxyl groups is 1. The fourth-order valence-corrected chi connectivity index (χ4v) is 3.60. The SMILES string of the molecule is O=C1N(Cc2cccc(F)c2F)CCC[C@]1(O)CCCc1cccc(F)c1. The smallest absolute Gasteiger partial charge is 0.254 e. The maximum atomic E-state index is 13.9. The molecule has 0 bridgehead atoms. The van der Waals surface area contributed by atoms with Gasteiger partial charge in [0.1, 0.15) is 11.4 Å². The zero-order valence-electron chi connectivity index (χ0n) is 14.9. The lowest BCUT2D eigenvalue weighted by atomic mass is 9.86. The van der Waals surface area contributed by atoms with Crippen LogP contribution in [0.15, 0.2) is 42.5 Å². The highest BCUT2D eigenvalue weighted by atomic mass is 19.2. The average Bonchev–Trinajstić information content (AvgIpc) is 2.63. The third-order valence-electron chi connectivity index (χ3n) is 5.04. The van der Waals surface area contributed by atoms with Crippen LogP contribution in [0.2, 0.25) is 0 Å². The second kappa shape index (κ2) is 8.13. The minimum Gasteiger partial charge on any atom is -0.380 e. The molecule has 1 amide bonds. The highest BCUT2D eigenvalue weighted by molar-refractivity contribution is 5.85. The van der Waals surface area contributed by atoms with Crippen LogP contribution in [0.5, 0.6) is 0 Å². The van der Waals surface area contributed by atoms with Gasteiger partial charge in [0.2, 0.25) is 0 Å². The molecule has 144 valence electrons. The van der Waals surface area contributed by atoms with Crippen molar-refractivity contribution >= 4 is 5.91 Å². The standard InChI is InChI=1S/C21H22F3NO2/c22-17-8-1-5-15(13-17)6-3-10-21(27)11-4-12-25(20(21)26)14-16-7-2-9-18(23)19(16)24/h1-2,5,7-9,13,27H,3-4,6,10-12,14H2/t21-/m1/s1. The van der Waals surface area contributed by atoms with E-state index in [2.05, 4.69) is 0 Å². The Balaban J connectivity index is 1.63. The quantitative estimate of drug-likeness (QED) is 0.827. The second-order valence-electron chi connectivity index (χ2n) is 7.06.